The van der Waals surface area contributed by atoms with Crippen molar-refractivity contribution in [3.8, 4) is 5.75 Å². The molecule has 1 fully saturated rings. The van der Waals surface area contributed by atoms with Crippen LogP contribution in [0.2, 0.25) is 0 Å². The zero-order chi connectivity index (χ0) is 21.2. The van der Waals surface area contributed by atoms with Crippen molar-refractivity contribution in [2.24, 2.45) is 0 Å². The first-order valence-corrected chi connectivity index (χ1v) is 11.6. The molecule has 1 atom stereocenters. The van der Waals surface area contributed by atoms with E-state index in [4.69, 9.17) is 4.74 Å². The van der Waals surface area contributed by atoms with Crippen LogP contribution in [0.3, 0.4) is 0 Å². The predicted octanol–water partition coefficient (Wildman–Crippen LogP) is 2.46. The molecule has 2 aromatic rings. The Balaban J connectivity index is 1.62. The van der Waals surface area contributed by atoms with Crippen LogP contribution < -0.4 is 4.74 Å². The summed E-state index contributed by atoms with van der Waals surface area (Å²) in [6.07, 6.45) is 1.70. The summed E-state index contributed by atoms with van der Waals surface area (Å²) in [4.78, 5) is 14.3. The molecule has 1 amide bonds. The molecule has 0 radical (unpaired) electrons. The quantitative estimate of drug-likeness (QED) is 0.689. The zero-order valence-electron chi connectivity index (χ0n) is 17.5. The first kappa shape index (κ1) is 21.4. The molecule has 29 heavy (non-hydrogen) atoms. The normalized spacial score (nSPS) is 18.0. The van der Waals surface area contributed by atoms with Crippen LogP contribution in [0, 0.1) is 13.8 Å². The number of aromatic nitrogens is 2. The van der Waals surface area contributed by atoms with E-state index in [1.807, 2.05) is 42.8 Å². The highest BCUT2D eigenvalue weighted by Crippen LogP contribution is 2.27. The molecule has 1 saturated heterocycles. The Morgan fingerprint density at radius 1 is 1.28 bits per heavy atom. The predicted molar refractivity (Wildman–Crippen MR) is 112 cm³/mol. The van der Waals surface area contributed by atoms with E-state index in [0.29, 0.717) is 25.8 Å². The fraction of sp³-hybridized carbons (Fsp3) is 0.524. The number of rotatable bonds is 7. The first-order chi connectivity index (χ1) is 13.7. The molecule has 7 nitrogen and oxygen atoms in total. The highest BCUT2D eigenvalue weighted by Gasteiger charge is 2.31. The van der Waals surface area contributed by atoms with Crippen LogP contribution in [0.1, 0.15) is 41.4 Å². The van der Waals surface area contributed by atoms with Gasteiger partial charge in [-0.05, 0) is 44.4 Å². The van der Waals surface area contributed by atoms with Crippen molar-refractivity contribution < 1.29 is 17.9 Å². The second kappa shape index (κ2) is 8.57. The van der Waals surface area contributed by atoms with Gasteiger partial charge < -0.3 is 9.64 Å². The smallest absolute Gasteiger partial charge is 0.222 e. The summed E-state index contributed by atoms with van der Waals surface area (Å²) in [5.74, 6) is 1.23. The SMILES string of the molecule is COc1ccc(CCC(=O)N(C)Cc2c(C)nn(C3CCS(=O)(=O)C3)c2C)cc1. The molecule has 1 aromatic heterocycles. The van der Waals surface area contributed by atoms with Gasteiger partial charge in [0.25, 0.3) is 0 Å². The Bertz CT molecular complexity index is 980. The summed E-state index contributed by atoms with van der Waals surface area (Å²) in [5, 5.41) is 4.58. The van der Waals surface area contributed by atoms with Crippen LogP contribution in [0.15, 0.2) is 24.3 Å². The van der Waals surface area contributed by atoms with E-state index in [0.717, 1.165) is 28.3 Å². The van der Waals surface area contributed by atoms with Gasteiger partial charge in [-0.2, -0.15) is 5.10 Å². The number of carbonyl (C=O) groups is 1. The van der Waals surface area contributed by atoms with E-state index in [2.05, 4.69) is 5.10 Å². The van der Waals surface area contributed by atoms with E-state index in [9.17, 15) is 13.2 Å². The van der Waals surface area contributed by atoms with Gasteiger partial charge in [-0.25, -0.2) is 8.42 Å². The van der Waals surface area contributed by atoms with Gasteiger partial charge >= 0.3 is 0 Å². The maximum absolute atomic E-state index is 12.6. The Morgan fingerprint density at radius 2 is 1.97 bits per heavy atom. The minimum Gasteiger partial charge on any atom is -0.497 e. The largest absolute Gasteiger partial charge is 0.497 e. The summed E-state index contributed by atoms with van der Waals surface area (Å²) < 4.78 is 30.6. The van der Waals surface area contributed by atoms with Gasteiger partial charge in [-0.3, -0.25) is 9.48 Å². The van der Waals surface area contributed by atoms with Crippen LogP contribution >= 0.6 is 0 Å². The Kier molecular flexibility index (Phi) is 6.31. The molecule has 2 heterocycles. The average molecular weight is 420 g/mol. The van der Waals surface area contributed by atoms with E-state index >= 15 is 0 Å². The van der Waals surface area contributed by atoms with E-state index in [-0.39, 0.29) is 23.5 Å². The lowest BCUT2D eigenvalue weighted by Gasteiger charge is -2.18. The molecule has 1 aliphatic heterocycles. The molecule has 0 aliphatic carbocycles. The van der Waals surface area contributed by atoms with Gasteiger partial charge in [0.2, 0.25) is 5.91 Å². The summed E-state index contributed by atoms with van der Waals surface area (Å²) in [6, 6.07) is 7.63. The summed E-state index contributed by atoms with van der Waals surface area (Å²) in [5.41, 5.74) is 3.88. The number of sulfone groups is 1. The van der Waals surface area contributed by atoms with Crippen molar-refractivity contribution in [2.75, 3.05) is 25.7 Å². The lowest BCUT2D eigenvalue weighted by molar-refractivity contribution is -0.130. The number of aryl methyl sites for hydroxylation is 2. The summed E-state index contributed by atoms with van der Waals surface area (Å²) in [7, 11) is 0.457. The standard InChI is InChI=1S/C21H29N3O4S/c1-15-20(16(2)24(22-15)18-11-12-29(26,27)14-18)13-23(3)21(25)10-7-17-5-8-19(28-4)9-6-17/h5-6,8-9,18H,7,10-14H2,1-4H3. The molecule has 3 rings (SSSR count). The second-order valence-corrected chi connectivity index (χ2v) is 9.98. The van der Waals surface area contributed by atoms with Gasteiger partial charge in [0, 0.05) is 31.3 Å². The van der Waals surface area contributed by atoms with Gasteiger partial charge in [0.1, 0.15) is 5.75 Å². The fourth-order valence-electron chi connectivity index (χ4n) is 3.81. The third kappa shape index (κ3) is 4.98. The van der Waals surface area contributed by atoms with Crippen LogP contribution in [-0.4, -0.2) is 54.7 Å². The van der Waals surface area contributed by atoms with Crippen molar-refractivity contribution in [2.45, 2.75) is 45.7 Å². The van der Waals surface area contributed by atoms with Gasteiger partial charge in [-0.1, -0.05) is 12.1 Å². The monoisotopic (exact) mass is 419 g/mol. The van der Waals surface area contributed by atoms with Crippen molar-refractivity contribution in [1.29, 1.82) is 0 Å². The molecule has 0 saturated carbocycles. The topological polar surface area (TPSA) is 81.5 Å². The van der Waals surface area contributed by atoms with E-state index < -0.39 is 9.84 Å². The Labute approximate surface area is 172 Å². The van der Waals surface area contributed by atoms with Gasteiger partial charge in [0.15, 0.2) is 9.84 Å². The molecule has 158 valence electrons. The van der Waals surface area contributed by atoms with Gasteiger partial charge in [-0.15, -0.1) is 0 Å². The fourth-order valence-corrected chi connectivity index (χ4v) is 5.50. The molecular formula is C21H29N3O4S. The van der Waals surface area contributed by atoms with Crippen LogP contribution in [0.5, 0.6) is 5.75 Å². The number of carbonyl (C=O) groups excluding carboxylic acids is 1. The van der Waals surface area contributed by atoms with Crippen LogP contribution in [0.4, 0.5) is 0 Å². The first-order valence-electron chi connectivity index (χ1n) is 9.82. The van der Waals surface area contributed by atoms with Crippen LogP contribution in [0.25, 0.3) is 0 Å². The van der Waals surface area contributed by atoms with Crippen molar-refractivity contribution in [1.82, 2.24) is 14.7 Å². The average Bonchev–Trinajstić information content (AvgIpc) is 3.19. The minimum atomic E-state index is -2.97. The van der Waals surface area contributed by atoms with E-state index in [1.165, 1.54) is 0 Å². The number of benzene rings is 1. The summed E-state index contributed by atoms with van der Waals surface area (Å²) >= 11 is 0. The number of nitrogens with zero attached hydrogens (tertiary/aromatic N) is 3. The third-order valence-corrected chi connectivity index (χ3v) is 7.39. The third-order valence-electron chi connectivity index (χ3n) is 5.64. The molecule has 0 N–H and O–H groups in total. The highest BCUT2D eigenvalue weighted by molar-refractivity contribution is 7.91. The molecule has 0 bridgehead atoms. The highest BCUT2D eigenvalue weighted by atomic mass is 32.2. The van der Waals surface area contributed by atoms with Crippen molar-refractivity contribution in [3.05, 3.63) is 46.8 Å². The molecule has 1 aromatic carbocycles. The maximum Gasteiger partial charge on any atom is 0.222 e. The second-order valence-electron chi connectivity index (χ2n) is 7.75. The number of amides is 1. The maximum atomic E-state index is 12.6. The van der Waals surface area contributed by atoms with Crippen molar-refractivity contribution in [3.63, 3.8) is 0 Å². The van der Waals surface area contributed by atoms with Crippen molar-refractivity contribution >= 4 is 15.7 Å². The van der Waals surface area contributed by atoms with Gasteiger partial charge in [0.05, 0.1) is 30.4 Å². The van der Waals surface area contributed by atoms with E-state index in [1.54, 1.807) is 19.1 Å². The zero-order valence-corrected chi connectivity index (χ0v) is 18.3. The number of methoxy groups -OCH3 is 1. The molecular weight excluding hydrogens is 390 g/mol. The molecule has 1 aliphatic rings. The lowest BCUT2D eigenvalue weighted by atomic mass is 10.1. The lowest BCUT2D eigenvalue weighted by Crippen LogP contribution is -2.27. The Morgan fingerprint density at radius 3 is 2.55 bits per heavy atom. The minimum absolute atomic E-state index is 0.0656. The number of hydrogen-bond donors (Lipinski definition) is 0. The molecule has 0 spiro atoms. The molecule has 8 heteroatoms. The number of hydrogen-bond acceptors (Lipinski definition) is 5. The number of ether oxygens (including phenoxy) is 1. The summed E-state index contributed by atoms with van der Waals surface area (Å²) in [6.45, 7) is 4.34. The molecule has 1 unspecified atom stereocenters. The van der Waals surface area contributed by atoms with Crippen LogP contribution in [-0.2, 0) is 27.6 Å². The Hall–Kier alpha value is -2.35.